The first-order valence-electron chi connectivity index (χ1n) is 11.5. The second-order valence-electron chi connectivity index (χ2n) is 8.75. The molecule has 0 atom stereocenters. The molecule has 1 aromatic carbocycles. The van der Waals surface area contributed by atoms with Crippen molar-refractivity contribution in [3.8, 4) is 11.5 Å². The maximum absolute atomic E-state index is 13.3. The average molecular weight is 533 g/mol. The van der Waals surface area contributed by atoms with Crippen LogP contribution in [-0.2, 0) is 33.9 Å². The summed E-state index contributed by atoms with van der Waals surface area (Å²) in [6.07, 6.45) is 1.79. The van der Waals surface area contributed by atoms with Crippen LogP contribution >= 0.6 is 0 Å². The first-order valence-corrected chi connectivity index (χ1v) is 14.2. The third-order valence-electron chi connectivity index (χ3n) is 6.25. The molecule has 0 unspecified atom stereocenters. The lowest BCUT2D eigenvalue weighted by Crippen LogP contribution is -2.33. The van der Waals surface area contributed by atoms with Gasteiger partial charge in [0.05, 0.1) is 12.3 Å². The quantitative estimate of drug-likeness (QED) is 0.414. The van der Waals surface area contributed by atoms with Crippen LogP contribution in [0, 0.1) is 6.92 Å². The number of rotatable bonds is 9. The predicted octanol–water partition coefficient (Wildman–Crippen LogP) is 2.11. The van der Waals surface area contributed by atoms with Crippen LogP contribution in [0.25, 0.3) is 11.5 Å². The molecule has 1 amide bonds. The molecule has 3 aromatic rings. The number of sulfonamides is 1. The van der Waals surface area contributed by atoms with Crippen LogP contribution in [0.4, 0.5) is 5.82 Å². The lowest BCUT2D eigenvalue weighted by atomic mass is 9.96. The second-order valence-corrected chi connectivity index (χ2v) is 12.2. The van der Waals surface area contributed by atoms with Gasteiger partial charge in [-0.05, 0) is 69.0 Å². The van der Waals surface area contributed by atoms with Crippen LogP contribution in [0.1, 0.15) is 53.9 Å². The lowest BCUT2D eigenvalue weighted by molar-refractivity contribution is 0.0996. The number of hydrogen-bond donors (Lipinski definition) is 1. The van der Waals surface area contributed by atoms with Gasteiger partial charge in [0, 0.05) is 18.2 Å². The van der Waals surface area contributed by atoms with E-state index < -0.39 is 20.9 Å². The first kappa shape index (κ1) is 25.9. The second kappa shape index (κ2) is 10.1. The summed E-state index contributed by atoms with van der Waals surface area (Å²) in [5, 5.41) is 8.17. The number of amides is 1. The molecular formula is C23H28N6O5S2. The minimum Gasteiger partial charge on any atom is -0.310 e. The van der Waals surface area contributed by atoms with Gasteiger partial charge in [-0.1, -0.05) is 15.8 Å². The van der Waals surface area contributed by atoms with Crippen LogP contribution in [0.5, 0.6) is 0 Å². The highest BCUT2D eigenvalue weighted by molar-refractivity contribution is 7.97. The van der Waals surface area contributed by atoms with Gasteiger partial charge in [-0.25, -0.2) is 21.8 Å². The molecule has 0 radical (unpaired) electrons. The molecule has 11 nitrogen and oxygen atoms in total. The van der Waals surface area contributed by atoms with Crippen LogP contribution < -0.4 is 4.90 Å². The fourth-order valence-corrected chi connectivity index (χ4v) is 6.37. The molecule has 0 saturated heterocycles. The molecule has 36 heavy (non-hydrogen) atoms. The molecule has 1 aliphatic heterocycles. The minimum atomic E-state index is -3.92. The Morgan fingerprint density at radius 3 is 2.58 bits per heavy atom. The van der Waals surface area contributed by atoms with Gasteiger partial charge in [0.2, 0.25) is 20.9 Å². The number of benzene rings is 1. The van der Waals surface area contributed by atoms with Gasteiger partial charge in [-0.2, -0.15) is 0 Å². The van der Waals surface area contributed by atoms with E-state index in [0.717, 1.165) is 16.7 Å². The molecule has 0 spiro atoms. The van der Waals surface area contributed by atoms with E-state index in [1.54, 1.807) is 35.5 Å². The molecule has 3 heterocycles. The van der Waals surface area contributed by atoms with Crippen molar-refractivity contribution in [2.45, 2.75) is 46.7 Å². The van der Waals surface area contributed by atoms with Crippen molar-refractivity contribution in [3.05, 3.63) is 58.9 Å². The molecule has 1 aliphatic rings. The summed E-state index contributed by atoms with van der Waals surface area (Å²) in [4.78, 5) is 19.6. The van der Waals surface area contributed by atoms with E-state index in [9.17, 15) is 21.6 Å². The van der Waals surface area contributed by atoms with E-state index in [1.807, 2.05) is 31.4 Å². The van der Waals surface area contributed by atoms with E-state index in [-0.39, 0.29) is 37.2 Å². The minimum absolute atomic E-state index is 0.129. The van der Waals surface area contributed by atoms with Gasteiger partial charge in [-0.15, -0.1) is 10.2 Å². The van der Waals surface area contributed by atoms with E-state index in [2.05, 4.69) is 15.2 Å². The Balaban J connectivity index is 1.65. The number of fused-ring (bicyclic) bond motifs is 1. The number of nitrogens with zero attached hydrogens (tertiary/aromatic N) is 6. The summed E-state index contributed by atoms with van der Waals surface area (Å²) in [6, 6.07) is 9.02. The Morgan fingerprint density at radius 1 is 1.17 bits per heavy atom. The zero-order chi connectivity index (χ0) is 26.2. The van der Waals surface area contributed by atoms with Gasteiger partial charge >= 0.3 is 0 Å². The first-order chi connectivity index (χ1) is 17.0. The van der Waals surface area contributed by atoms with Gasteiger partial charge in [0.15, 0.2) is 5.82 Å². The highest BCUT2D eigenvalue weighted by Crippen LogP contribution is 2.32. The number of pyridine rings is 1. The highest BCUT2D eigenvalue weighted by atomic mass is 32.3. The summed E-state index contributed by atoms with van der Waals surface area (Å²) in [7, 11) is -7.23. The fraction of sp³-hybridized carbons (Fsp3) is 0.391. The number of carbonyl (C=O) groups excluding carboxylic acids is 1. The van der Waals surface area contributed by atoms with Crippen molar-refractivity contribution in [2.75, 3.05) is 17.2 Å². The Bertz CT molecular complexity index is 1490. The standard InChI is InChI=1S/C23H28N6O5S2/c1-5-36(33,34)29(35(31)32)12-11-17-16(4)9-10-18-19(17)13-27(23(18)30)21-8-6-7-20(25-21)22-26-24-14-28(22)15(2)3/h6-10,14-15,35H,5,11-13H2,1-4H3. The van der Waals surface area contributed by atoms with Gasteiger partial charge in [0.25, 0.3) is 5.91 Å². The number of hydrogen-bond acceptors (Lipinski definition) is 8. The number of carbonyl (C=O) groups is 1. The molecule has 2 aromatic heterocycles. The molecule has 0 N–H and O–H groups in total. The monoisotopic (exact) mass is 532 g/mol. The van der Waals surface area contributed by atoms with Crippen molar-refractivity contribution in [2.24, 2.45) is 0 Å². The Labute approximate surface area is 211 Å². The van der Waals surface area contributed by atoms with Crippen molar-refractivity contribution >= 4 is 32.6 Å². The third-order valence-corrected chi connectivity index (χ3v) is 9.51. The fourth-order valence-electron chi connectivity index (χ4n) is 4.28. The Morgan fingerprint density at radius 2 is 1.92 bits per heavy atom. The van der Waals surface area contributed by atoms with Crippen LogP contribution in [-0.4, -0.2) is 58.5 Å². The van der Waals surface area contributed by atoms with E-state index in [4.69, 9.17) is 0 Å². The smallest absolute Gasteiger partial charge is 0.260 e. The number of anilines is 1. The summed E-state index contributed by atoms with van der Waals surface area (Å²) in [5.74, 6) is 0.500. The zero-order valence-corrected chi connectivity index (χ0v) is 22.2. The number of aromatic nitrogens is 4. The SMILES string of the molecule is CCS(=O)(=O)N(CCc1c(C)ccc2c1CN(c1cccc(-c3nncn3C(C)C)n1)C2=O)[SH](=O)=O. The maximum Gasteiger partial charge on any atom is 0.260 e. The van der Waals surface area contributed by atoms with Crippen molar-refractivity contribution in [1.29, 1.82) is 0 Å². The topological polar surface area (TPSA) is 135 Å². The molecule has 0 saturated carbocycles. The van der Waals surface area contributed by atoms with Crippen molar-refractivity contribution < 1.29 is 21.6 Å². The lowest BCUT2D eigenvalue weighted by Gasteiger charge is -2.18. The van der Waals surface area contributed by atoms with Crippen LogP contribution in [0.3, 0.4) is 0 Å². The summed E-state index contributed by atoms with van der Waals surface area (Å²) >= 11 is 0. The van der Waals surface area contributed by atoms with Crippen LogP contribution in [0.15, 0.2) is 36.7 Å². The van der Waals surface area contributed by atoms with E-state index >= 15 is 0 Å². The van der Waals surface area contributed by atoms with Gasteiger partial charge < -0.3 is 4.57 Å². The normalized spacial score (nSPS) is 13.9. The predicted molar refractivity (Wildman–Crippen MR) is 136 cm³/mol. The van der Waals surface area contributed by atoms with Gasteiger partial charge in [-0.3, -0.25) is 9.69 Å². The molecule has 13 heteroatoms. The van der Waals surface area contributed by atoms with E-state index in [0.29, 0.717) is 26.6 Å². The molecule has 0 fully saturated rings. The Hall–Kier alpha value is -3.16. The van der Waals surface area contributed by atoms with Crippen molar-refractivity contribution in [3.63, 3.8) is 0 Å². The summed E-state index contributed by atoms with van der Waals surface area (Å²) in [6.45, 7) is 7.29. The van der Waals surface area contributed by atoms with Gasteiger partial charge in [0.1, 0.15) is 17.8 Å². The largest absolute Gasteiger partial charge is 0.310 e. The zero-order valence-electron chi connectivity index (χ0n) is 20.4. The Kier molecular flexibility index (Phi) is 7.25. The molecule has 4 rings (SSSR count). The number of thiol groups is 1. The summed E-state index contributed by atoms with van der Waals surface area (Å²) < 4.78 is 50.1. The van der Waals surface area contributed by atoms with Crippen LogP contribution in [0.2, 0.25) is 0 Å². The van der Waals surface area contributed by atoms with E-state index in [1.165, 1.54) is 6.92 Å². The maximum atomic E-state index is 13.3. The molecule has 192 valence electrons. The third kappa shape index (κ3) is 4.77. The average Bonchev–Trinajstić information content (AvgIpc) is 3.46. The van der Waals surface area contributed by atoms with Crippen molar-refractivity contribution in [1.82, 2.24) is 23.5 Å². The number of aryl methyl sites for hydroxylation is 1. The highest BCUT2D eigenvalue weighted by Gasteiger charge is 2.33. The molecule has 0 bridgehead atoms. The summed E-state index contributed by atoms with van der Waals surface area (Å²) in [5.41, 5.74) is 3.42. The molecular weight excluding hydrogens is 504 g/mol. The molecule has 0 aliphatic carbocycles.